The van der Waals surface area contributed by atoms with Crippen LogP contribution in [0.5, 0.6) is 0 Å². The Bertz CT molecular complexity index is 1180. The van der Waals surface area contributed by atoms with Gasteiger partial charge in [-0.3, -0.25) is 4.98 Å². The SMILES string of the molecule is c1ccc(-c2ccc(-c3nc4cnc5ccccc5c4o3)cc2)cc1. The van der Waals surface area contributed by atoms with Crippen LogP contribution in [0.2, 0.25) is 0 Å². The lowest BCUT2D eigenvalue weighted by Crippen LogP contribution is -1.80. The summed E-state index contributed by atoms with van der Waals surface area (Å²) in [5.74, 6) is 0.618. The highest BCUT2D eigenvalue weighted by atomic mass is 16.3. The molecule has 2 aromatic heterocycles. The lowest BCUT2D eigenvalue weighted by Gasteiger charge is -2.02. The van der Waals surface area contributed by atoms with Gasteiger partial charge in [0.1, 0.15) is 5.52 Å². The summed E-state index contributed by atoms with van der Waals surface area (Å²) in [6, 6.07) is 26.5. The highest BCUT2D eigenvalue weighted by Gasteiger charge is 2.11. The van der Waals surface area contributed by atoms with Gasteiger partial charge in [-0.2, -0.15) is 0 Å². The Morgan fingerprint density at radius 3 is 2.12 bits per heavy atom. The predicted octanol–water partition coefficient (Wildman–Crippen LogP) is 5.71. The molecule has 0 aliphatic heterocycles. The Morgan fingerprint density at radius 1 is 0.600 bits per heavy atom. The van der Waals surface area contributed by atoms with Gasteiger partial charge in [0.25, 0.3) is 0 Å². The van der Waals surface area contributed by atoms with Crippen LogP contribution in [0.15, 0.2) is 89.5 Å². The van der Waals surface area contributed by atoms with Crippen molar-refractivity contribution in [2.45, 2.75) is 0 Å². The van der Waals surface area contributed by atoms with Gasteiger partial charge in [0.05, 0.1) is 11.7 Å². The zero-order chi connectivity index (χ0) is 16.6. The van der Waals surface area contributed by atoms with Crippen LogP contribution in [0.25, 0.3) is 44.6 Å². The van der Waals surface area contributed by atoms with E-state index in [-0.39, 0.29) is 0 Å². The number of fused-ring (bicyclic) bond motifs is 3. The van der Waals surface area contributed by atoms with E-state index in [0.29, 0.717) is 5.89 Å². The summed E-state index contributed by atoms with van der Waals surface area (Å²) in [6.07, 6.45) is 1.77. The third-order valence-corrected chi connectivity index (χ3v) is 4.37. The smallest absolute Gasteiger partial charge is 0.227 e. The number of hydrogen-bond donors (Lipinski definition) is 0. The van der Waals surface area contributed by atoms with E-state index in [1.807, 2.05) is 54.6 Å². The van der Waals surface area contributed by atoms with Crippen LogP contribution in [0.4, 0.5) is 0 Å². The number of aromatic nitrogens is 2. The number of hydrogen-bond acceptors (Lipinski definition) is 3. The molecule has 0 aliphatic carbocycles. The minimum Gasteiger partial charge on any atom is -0.435 e. The van der Waals surface area contributed by atoms with E-state index < -0.39 is 0 Å². The van der Waals surface area contributed by atoms with Crippen LogP contribution in [0.1, 0.15) is 0 Å². The Kier molecular flexibility index (Phi) is 3.10. The van der Waals surface area contributed by atoms with Crippen molar-refractivity contribution in [1.29, 1.82) is 0 Å². The molecule has 0 saturated heterocycles. The molecule has 5 rings (SSSR count). The molecule has 0 bridgehead atoms. The first-order valence-electron chi connectivity index (χ1n) is 8.19. The second-order valence-electron chi connectivity index (χ2n) is 5.95. The maximum Gasteiger partial charge on any atom is 0.227 e. The summed E-state index contributed by atoms with van der Waals surface area (Å²) in [7, 11) is 0. The fraction of sp³-hybridized carbons (Fsp3) is 0. The molecule has 0 fully saturated rings. The first-order chi connectivity index (χ1) is 12.4. The highest BCUT2D eigenvalue weighted by molar-refractivity contribution is 6.00. The number of oxazole rings is 1. The van der Waals surface area contributed by atoms with Crippen LogP contribution >= 0.6 is 0 Å². The molecule has 0 aliphatic rings. The van der Waals surface area contributed by atoms with Crippen molar-refractivity contribution in [3.05, 3.63) is 85.1 Å². The van der Waals surface area contributed by atoms with Gasteiger partial charge < -0.3 is 4.42 Å². The maximum atomic E-state index is 6.06. The molecule has 0 unspecified atom stereocenters. The average Bonchev–Trinajstić information content (AvgIpc) is 3.14. The maximum absolute atomic E-state index is 6.06. The van der Waals surface area contributed by atoms with E-state index in [9.17, 15) is 0 Å². The standard InChI is InChI=1S/C22H14N2O/c1-2-6-15(7-3-1)16-10-12-17(13-11-16)22-24-20-14-23-19-9-5-4-8-18(19)21(20)25-22/h1-14H. The molecule has 3 heteroatoms. The summed E-state index contributed by atoms with van der Waals surface area (Å²) >= 11 is 0. The molecule has 5 aromatic rings. The lowest BCUT2D eigenvalue weighted by atomic mass is 10.0. The Morgan fingerprint density at radius 2 is 1.28 bits per heavy atom. The summed E-state index contributed by atoms with van der Waals surface area (Å²) < 4.78 is 6.06. The van der Waals surface area contributed by atoms with Crippen molar-refractivity contribution in [3.8, 4) is 22.6 Å². The van der Waals surface area contributed by atoms with Gasteiger partial charge >= 0.3 is 0 Å². The molecule has 118 valence electrons. The molecule has 0 spiro atoms. The van der Waals surface area contributed by atoms with E-state index in [4.69, 9.17) is 4.42 Å². The van der Waals surface area contributed by atoms with E-state index in [1.54, 1.807) is 6.20 Å². The van der Waals surface area contributed by atoms with Crippen molar-refractivity contribution >= 4 is 22.0 Å². The minimum atomic E-state index is 0.618. The first-order valence-corrected chi connectivity index (χ1v) is 8.19. The molecule has 3 aromatic carbocycles. The van der Waals surface area contributed by atoms with E-state index in [1.165, 1.54) is 11.1 Å². The molecule has 0 amide bonds. The third-order valence-electron chi connectivity index (χ3n) is 4.37. The number of nitrogens with zero attached hydrogens (tertiary/aromatic N) is 2. The number of para-hydroxylation sites is 1. The lowest BCUT2D eigenvalue weighted by molar-refractivity contribution is 0.623. The van der Waals surface area contributed by atoms with Crippen molar-refractivity contribution in [2.75, 3.05) is 0 Å². The summed E-state index contributed by atoms with van der Waals surface area (Å²) in [5, 5.41) is 0.986. The van der Waals surface area contributed by atoms with Crippen LogP contribution < -0.4 is 0 Å². The average molecular weight is 322 g/mol. The molecule has 3 nitrogen and oxygen atoms in total. The van der Waals surface area contributed by atoms with E-state index >= 15 is 0 Å². The summed E-state index contributed by atoms with van der Waals surface area (Å²) in [6.45, 7) is 0. The van der Waals surface area contributed by atoms with Crippen LogP contribution in [0.3, 0.4) is 0 Å². The summed E-state index contributed by atoms with van der Waals surface area (Å²) in [4.78, 5) is 9.05. The molecular formula is C22H14N2O. The third kappa shape index (κ3) is 2.37. The number of pyridine rings is 1. The van der Waals surface area contributed by atoms with Gasteiger partial charge in [0.15, 0.2) is 5.58 Å². The quantitative estimate of drug-likeness (QED) is 0.418. The second kappa shape index (κ2) is 5.56. The molecule has 2 heterocycles. The molecule has 0 atom stereocenters. The van der Waals surface area contributed by atoms with Gasteiger partial charge in [-0.1, -0.05) is 54.6 Å². The van der Waals surface area contributed by atoms with Gasteiger partial charge in [-0.25, -0.2) is 4.98 Å². The first kappa shape index (κ1) is 13.9. The van der Waals surface area contributed by atoms with Gasteiger partial charge in [-0.15, -0.1) is 0 Å². The molecular weight excluding hydrogens is 308 g/mol. The predicted molar refractivity (Wildman–Crippen MR) is 100 cm³/mol. The topological polar surface area (TPSA) is 38.9 Å². The van der Waals surface area contributed by atoms with Crippen LogP contribution in [-0.4, -0.2) is 9.97 Å². The van der Waals surface area contributed by atoms with Crippen molar-refractivity contribution in [3.63, 3.8) is 0 Å². The number of benzene rings is 3. The van der Waals surface area contributed by atoms with Gasteiger partial charge in [0, 0.05) is 10.9 Å². The Balaban J connectivity index is 1.60. The molecule has 0 radical (unpaired) electrons. The monoisotopic (exact) mass is 322 g/mol. The Labute approximate surface area is 144 Å². The molecule has 0 saturated carbocycles. The van der Waals surface area contributed by atoms with Crippen molar-refractivity contribution in [1.82, 2.24) is 9.97 Å². The zero-order valence-electron chi connectivity index (χ0n) is 13.4. The minimum absolute atomic E-state index is 0.618. The van der Waals surface area contributed by atoms with Crippen molar-refractivity contribution < 1.29 is 4.42 Å². The molecule has 0 N–H and O–H groups in total. The number of rotatable bonds is 2. The molecule has 25 heavy (non-hydrogen) atoms. The fourth-order valence-electron chi connectivity index (χ4n) is 3.08. The van der Waals surface area contributed by atoms with E-state index in [0.717, 1.165) is 27.6 Å². The second-order valence-corrected chi connectivity index (χ2v) is 5.95. The summed E-state index contributed by atoms with van der Waals surface area (Å²) in [5.41, 5.74) is 5.81. The Hall–Kier alpha value is -3.46. The van der Waals surface area contributed by atoms with Gasteiger partial charge in [-0.05, 0) is 35.4 Å². The van der Waals surface area contributed by atoms with Crippen LogP contribution in [-0.2, 0) is 0 Å². The largest absolute Gasteiger partial charge is 0.435 e. The zero-order valence-corrected chi connectivity index (χ0v) is 13.4. The van der Waals surface area contributed by atoms with Crippen LogP contribution in [0, 0.1) is 0 Å². The normalized spacial score (nSPS) is 11.2. The van der Waals surface area contributed by atoms with Crippen molar-refractivity contribution in [2.24, 2.45) is 0 Å². The van der Waals surface area contributed by atoms with Gasteiger partial charge in [0.2, 0.25) is 5.89 Å². The highest BCUT2D eigenvalue weighted by Crippen LogP contribution is 2.30. The van der Waals surface area contributed by atoms with E-state index in [2.05, 4.69) is 34.2 Å². The fourth-order valence-corrected chi connectivity index (χ4v) is 3.08.